The normalized spacial score (nSPS) is 20.6. The Bertz CT molecular complexity index is 887. The van der Waals surface area contributed by atoms with Crippen LogP contribution in [0.4, 0.5) is 0 Å². The van der Waals surface area contributed by atoms with Crippen LogP contribution in [0.25, 0.3) is 10.9 Å². The van der Waals surface area contributed by atoms with Crippen LogP contribution in [0.5, 0.6) is 0 Å². The maximum atomic E-state index is 13.1. The number of carbonyl (C=O) groups is 2. The molecule has 6 heteroatoms. The smallest absolute Gasteiger partial charge is 0.228 e. The fourth-order valence-electron chi connectivity index (χ4n) is 4.99. The number of H-pyrrole nitrogens is 1. The fourth-order valence-corrected chi connectivity index (χ4v) is 5.16. The Labute approximate surface area is 177 Å². The highest BCUT2D eigenvalue weighted by molar-refractivity contribution is 6.31. The zero-order valence-electron chi connectivity index (χ0n) is 17.1. The molecule has 156 valence electrons. The van der Waals surface area contributed by atoms with E-state index in [1.807, 2.05) is 34.2 Å². The standard InChI is InChI=1S/C23H30ClN3O2/c1-2-27(19-6-4-3-5-7-19)23(29)17-12-22(28)26(15-17)11-10-16-14-25-21-9-8-18(24)13-20(16)21/h8-9,13-14,17,19,25H,2-7,10-12,15H2,1H3. The fraction of sp³-hybridized carbons (Fsp3) is 0.565. The average Bonchev–Trinajstić information content (AvgIpc) is 3.30. The van der Waals surface area contributed by atoms with Gasteiger partial charge in [-0.1, -0.05) is 30.9 Å². The summed E-state index contributed by atoms with van der Waals surface area (Å²) in [5.74, 6) is 0.0804. The largest absolute Gasteiger partial charge is 0.361 e. The molecule has 2 aliphatic rings. The van der Waals surface area contributed by atoms with Crippen LogP contribution in [0, 0.1) is 5.92 Å². The molecule has 4 rings (SSSR count). The summed E-state index contributed by atoms with van der Waals surface area (Å²) >= 11 is 6.14. The second-order valence-corrected chi connectivity index (χ2v) is 8.85. The summed E-state index contributed by atoms with van der Waals surface area (Å²) in [6.07, 6.45) is 9.00. The van der Waals surface area contributed by atoms with Gasteiger partial charge < -0.3 is 14.8 Å². The first-order valence-corrected chi connectivity index (χ1v) is 11.3. The van der Waals surface area contributed by atoms with Gasteiger partial charge in [0.1, 0.15) is 0 Å². The SMILES string of the molecule is CCN(C(=O)C1CC(=O)N(CCc2c[nH]c3ccc(Cl)cc23)C1)C1CCCCC1. The average molecular weight is 416 g/mol. The Hall–Kier alpha value is -2.01. The molecule has 1 saturated carbocycles. The minimum atomic E-state index is -0.193. The molecule has 1 aliphatic carbocycles. The molecule has 1 N–H and O–H groups in total. The van der Waals surface area contributed by atoms with Gasteiger partial charge >= 0.3 is 0 Å². The summed E-state index contributed by atoms with van der Waals surface area (Å²) in [5.41, 5.74) is 2.21. The number of nitrogens with one attached hydrogen (secondary N) is 1. The zero-order chi connectivity index (χ0) is 20.4. The topological polar surface area (TPSA) is 56.4 Å². The summed E-state index contributed by atoms with van der Waals surface area (Å²) < 4.78 is 0. The van der Waals surface area contributed by atoms with Crippen molar-refractivity contribution in [1.82, 2.24) is 14.8 Å². The molecule has 29 heavy (non-hydrogen) atoms. The number of rotatable bonds is 6. The van der Waals surface area contributed by atoms with Crippen LogP contribution in [0.1, 0.15) is 51.0 Å². The molecule has 5 nitrogen and oxygen atoms in total. The molecular weight excluding hydrogens is 386 g/mol. The summed E-state index contributed by atoms with van der Waals surface area (Å²) in [4.78, 5) is 32.9. The van der Waals surface area contributed by atoms with E-state index in [0.717, 1.165) is 42.3 Å². The first-order chi connectivity index (χ1) is 14.1. The Morgan fingerprint density at radius 2 is 2.07 bits per heavy atom. The molecule has 1 aromatic heterocycles. The number of amides is 2. The number of fused-ring (bicyclic) bond motifs is 1. The molecule has 2 fully saturated rings. The highest BCUT2D eigenvalue weighted by Gasteiger charge is 2.37. The lowest BCUT2D eigenvalue weighted by molar-refractivity contribution is -0.138. The lowest BCUT2D eigenvalue weighted by Crippen LogP contribution is -2.45. The summed E-state index contributed by atoms with van der Waals surface area (Å²) in [5, 5.41) is 1.81. The molecule has 1 unspecified atom stereocenters. The first-order valence-electron chi connectivity index (χ1n) is 10.9. The molecule has 2 amide bonds. The molecule has 0 bridgehead atoms. The zero-order valence-corrected chi connectivity index (χ0v) is 17.9. The van der Waals surface area contributed by atoms with Crippen molar-refractivity contribution in [2.45, 2.75) is 57.9 Å². The van der Waals surface area contributed by atoms with Crippen LogP contribution in [-0.2, 0) is 16.0 Å². The van der Waals surface area contributed by atoms with Crippen molar-refractivity contribution in [3.05, 3.63) is 35.0 Å². The van der Waals surface area contributed by atoms with Crippen molar-refractivity contribution in [2.24, 2.45) is 5.92 Å². The molecule has 1 saturated heterocycles. The van der Waals surface area contributed by atoms with E-state index in [4.69, 9.17) is 11.6 Å². The Morgan fingerprint density at radius 3 is 2.83 bits per heavy atom. The van der Waals surface area contributed by atoms with Gasteiger partial charge in [-0.15, -0.1) is 0 Å². The van der Waals surface area contributed by atoms with Crippen molar-refractivity contribution in [1.29, 1.82) is 0 Å². The van der Waals surface area contributed by atoms with Gasteiger partial charge in [-0.25, -0.2) is 0 Å². The highest BCUT2D eigenvalue weighted by Crippen LogP contribution is 2.28. The molecular formula is C23H30ClN3O2. The number of benzene rings is 1. The third kappa shape index (κ3) is 4.30. The summed E-state index contributed by atoms with van der Waals surface area (Å²) in [6.45, 7) is 3.98. The van der Waals surface area contributed by atoms with Crippen molar-refractivity contribution in [3.8, 4) is 0 Å². The van der Waals surface area contributed by atoms with E-state index in [2.05, 4.69) is 11.9 Å². The molecule has 0 spiro atoms. The van der Waals surface area contributed by atoms with E-state index >= 15 is 0 Å². The van der Waals surface area contributed by atoms with E-state index in [0.29, 0.717) is 30.6 Å². The molecule has 2 aromatic rings. The third-order valence-electron chi connectivity index (χ3n) is 6.58. The van der Waals surface area contributed by atoms with Crippen molar-refractivity contribution in [2.75, 3.05) is 19.6 Å². The van der Waals surface area contributed by atoms with Crippen LogP contribution in [0.3, 0.4) is 0 Å². The highest BCUT2D eigenvalue weighted by atomic mass is 35.5. The number of aromatic nitrogens is 1. The van der Waals surface area contributed by atoms with Gasteiger partial charge in [0.05, 0.1) is 5.92 Å². The van der Waals surface area contributed by atoms with E-state index in [1.165, 1.54) is 19.3 Å². The maximum Gasteiger partial charge on any atom is 0.228 e. The predicted molar refractivity (Wildman–Crippen MR) is 116 cm³/mol. The van der Waals surface area contributed by atoms with Crippen molar-refractivity contribution >= 4 is 34.3 Å². The lowest BCUT2D eigenvalue weighted by atomic mass is 9.93. The van der Waals surface area contributed by atoms with Crippen LogP contribution < -0.4 is 0 Å². The Balaban J connectivity index is 1.38. The molecule has 0 radical (unpaired) electrons. The van der Waals surface area contributed by atoms with Crippen LogP contribution in [-0.4, -0.2) is 52.3 Å². The number of aromatic amines is 1. The predicted octanol–water partition coefficient (Wildman–Crippen LogP) is 4.39. The van der Waals surface area contributed by atoms with Crippen LogP contribution >= 0.6 is 11.6 Å². The van der Waals surface area contributed by atoms with Gasteiger partial charge in [0, 0.05) is 54.2 Å². The van der Waals surface area contributed by atoms with E-state index in [9.17, 15) is 9.59 Å². The van der Waals surface area contributed by atoms with Gasteiger partial charge in [0.25, 0.3) is 0 Å². The first kappa shape index (κ1) is 20.3. The summed E-state index contributed by atoms with van der Waals surface area (Å²) in [6, 6.07) is 6.17. The second-order valence-electron chi connectivity index (χ2n) is 8.41. The summed E-state index contributed by atoms with van der Waals surface area (Å²) in [7, 11) is 0. The van der Waals surface area contributed by atoms with Crippen LogP contribution in [0.2, 0.25) is 5.02 Å². The van der Waals surface area contributed by atoms with Gasteiger partial charge in [0.15, 0.2) is 0 Å². The van der Waals surface area contributed by atoms with Crippen LogP contribution in [0.15, 0.2) is 24.4 Å². The number of hydrogen-bond donors (Lipinski definition) is 1. The Kier molecular flexibility index (Phi) is 6.14. The minimum Gasteiger partial charge on any atom is -0.361 e. The van der Waals surface area contributed by atoms with E-state index < -0.39 is 0 Å². The van der Waals surface area contributed by atoms with Gasteiger partial charge in [-0.3, -0.25) is 9.59 Å². The van der Waals surface area contributed by atoms with E-state index in [-0.39, 0.29) is 17.7 Å². The molecule has 1 aliphatic heterocycles. The van der Waals surface area contributed by atoms with E-state index in [1.54, 1.807) is 0 Å². The maximum absolute atomic E-state index is 13.1. The molecule has 1 aromatic carbocycles. The number of nitrogens with zero attached hydrogens (tertiary/aromatic N) is 2. The Morgan fingerprint density at radius 1 is 1.28 bits per heavy atom. The molecule has 2 heterocycles. The monoisotopic (exact) mass is 415 g/mol. The van der Waals surface area contributed by atoms with Gasteiger partial charge in [-0.2, -0.15) is 0 Å². The number of carbonyl (C=O) groups excluding carboxylic acids is 2. The van der Waals surface area contributed by atoms with Crippen molar-refractivity contribution in [3.63, 3.8) is 0 Å². The van der Waals surface area contributed by atoms with Crippen molar-refractivity contribution < 1.29 is 9.59 Å². The number of hydrogen-bond acceptors (Lipinski definition) is 2. The lowest BCUT2D eigenvalue weighted by Gasteiger charge is -2.35. The molecule has 1 atom stereocenters. The third-order valence-corrected chi connectivity index (χ3v) is 6.82. The quantitative estimate of drug-likeness (QED) is 0.760. The number of likely N-dealkylation sites (tertiary alicyclic amines) is 1. The number of halogens is 1. The van der Waals surface area contributed by atoms with Gasteiger partial charge in [-0.05, 0) is 49.9 Å². The van der Waals surface area contributed by atoms with Gasteiger partial charge in [0.2, 0.25) is 11.8 Å². The second kappa shape index (κ2) is 8.78. The minimum absolute atomic E-state index is 0.0981.